The summed E-state index contributed by atoms with van der Waals surface area (Å²) in [7, 11) is 0. The lowest BCUT2D eigenvalue weighted by Gasteiger charge is -2.42. The molecule has 1 saturated heterocycles. The molecule has 2 aliphatic rings. The van der Waals surface area contributed by atoms with Crippen molar-refractivity contribution >= 4 is 5.91 Å². The summed E-state index contributed by atoms with van der Waals surface area (Å²) in [6.45, 7) is 2.72. The van der Waals surface area contributed by atoms with Crippen molar-refractivity contribution in [2.24, 2.45) is 0 Å². The second-order valence-electron chi connectivity index (χ2n) is 6.96. The number of fused-ring (bicyclic) bond motifs is 1. The monoisotopic (exact) mass is 383 g/mol. The van der Waals surface area contributed by atoms with E-state index in [2.05, 4.69) is 5.32 Å². The second kappa shape index (κ2) is 7.99. The lowest BCUT2D eigenvalue weighted by molar-refractivity contribution is -0.244. The Labute approximate surface area is 156 Å². The van der Waals surface area contributed by atoms with Crippen LogP contribution in [0, 0.1) is 0 Å². The molecule has 1 aromatic carbocycles. The summed E-state index contributed by atoms with van der Waals surface area (Å²) in [5.74, 6) is 0.490. The zero-order valence-electron chi connectivity index (χ0n) is 15.1. The van der Waals surface area contributed by atoms with Crippen molar-refractivity contribution < 1.29 is 39.4 Å². The fourth-order valence-electron chi connectivity index (χ4n) is 3.43. The fraction of sp³-hybridized carbons (Fsp3) is 0.611. The van der Waals surface area contributed by atoms with Crippen molar-refractivity contribution in [3.8, 4) is 11.5 Å². The summed E-state index contributed by atoms with van der Waals surface area (Å²) in [5, 5.41) is 42.0. The molecule has 5 N–H and O–H groups in total. The summed E-state index contributed by atoms with van der Waals surface area (Å²) in [5.41, 5.74) is 0.930. The van der Waals surface area contributed by atoms with Gasteiger partial charge in [-0.05, 0) is 17.5 Å². The number of amides is 1. The van der Waals surface area contributed by atoms with Crippen molar-refractivity contribution in [3.63, 3.8) is 0 Å². The molecule has 0 saturated carbocycles. The minimum Gasteiger partial charge on any atom is -0.465 e. The standard InChI is InChI=1S/C18H25NO8/c1-8-5-14(22)26-12-6-10(3-4-11(8)12)25-18-15(19-9(2)21)17(24)16(23)13(7-20)27-18/h3-4,6,8,13-18,20,22-24H,5,7H2,1-2H3,(H,19,21)/t8-,13-,14-,15-,16-,17-,18-/m1/s1. The van der Waals surface area contributed by atoms with Gasteiger partial charge in [0.15, 0.2) is 6.29 Å². The number of carbonyl (C=O) groups excluding carboxylic acids is 1. The molecule has 150 valence electrons. The predicted molar refractivity (Wildman–Crippen MR) is 92.1 cm³/mol. The highest BCUT2D eigenvalue weighted by Gasteiger charge is 2.46. The van der Waals surface area contributed by atoms with E-state index in [9.17, 15) is 25.2 Å². The quantitative estimate of drug-likeness (QED) is 0.456. The van der Waals surface area contributed by atoms with Crippen LogP contribution in [0.15, 0.2) is 18.2 Å². The van der Waals surface area contributed by atoms with Crippen LogP contribution in [0.3, 0.4) is 0 Å². The summed E-state index contributed by atoms with van der Waals surface area (Å²) in [6, 6.07) is 4.05. The first kappa shape index (κ1) is 19.8. The first-order chi connectivity index (χ1) is 12.8. The van der Waals surface area contributed by atoms with Gasteiger partial charge in [0, 0.05) is 19.4 Å². The predicted octanol–water partition coefficient (Wildman–Crippen LogP) is -0.786. The van der Waals surface area contributed by atoms with Crippen molar-refractivity contribution in [3.05, 3.63) is 23.8 Å². The van der Waals surface area contributed by atoms with Crippen LogP contribution in [0.4, 0.5) is 0 Å². The van der Waals surface area contributed by atoms with Crippen LogP contribution in [0.25, 0.3) is 0 Å². The number of rotatable bonds is 4. The van der Waals surface area contributed by atoms with E-state index in [1.165, 1.54) is 6.92 Å². The molecule has 0 aliphatic carbocycles. The van der Waals surface area contributed by atoms with Crippen LogP contribution in [0.1, 0.15) is 31.7 Å². The Morgan fingerprint density at radius 3 is 2.70 bits per heavy atom. The van der Waals surface area contributed by atoms with E-state index in [0.717, 1.165) is 5.56 Å². The third-order valence-electron chi connectivity index (χ3n) is 4.84. The highest BCUT2D eigenvalue weighted by Crippen LogP contribution is 2.38. The first-order valence-electron chi connectivity index (χ1n) is 8.85. The molecule has 0 radical (unpaired) electrons. The van der Waals surface area contributed by atoms with Gasteiger partial charge in [-0.25, -0.2) is 0 Å². The van der Waals surface area contributed by atoms with E-state index in [0.29, 0.717) is 17.9 Å². The summed E-state index contributed by atoms with van der Waals surface area (Å²) < 4.78 is 16.7. The van der Waals surface area contributed by atoms with Crippen molar-refractivity contribution in [2.45, 2.75) is 63.1 Å². The highest BCUT2D eigenvalue weighted by atomic mass is 16.7. The molecule has 0 unspecified atom stereocenters. The minimum atomic E-state index is -1.39. The third-order valence-corrected chi connectivity index (χ3v) is 4.84. The van der Waals surface area contributed by atoms with Crippen LogP contribution < -0.4 is 14.8 Å². The Balaban J connectivity index is 1.83. The topological polar surface area (TPSA) is 138 Å². The van der Waals surface area contributed by atoms with Gasteiger partial charge < -0.3 is 40.0 Å². The molecule has 0 spiro atoms. The van der Waals surface area contributed by atoms with Crippen LogP contribution in [0.5, 0.6) is 11.5 Å². The number of hydrogen-bond donors (Lipinski definition) is 5. The molecule has 2 heterocycles. The Hall–Kier alpha value is -1.91. The van der Waals surface area contributed by atoms with Gasteiger partial charge in [-0.3, -0.25) is 4.79 Å². The first-order valence-corrected chi connectivity index (χ1v) is 8.85. The molecule has 1 aromatic rings. The normalized spacial score (nSPS) is 35.7. The molecule has 2 aliphatic heterocycles. The van der Waals surface area contributed by atoms with Crippen LogP contribution in [0.2, 0.25) is 0 Å². The molecule has 7 atom stereocenters. The Bertz CT molecular complexity index is 683. The zero-order valence-corrected chi connectivity index (χ0v) is 15.1. The van der Waals surface area contributed by atoms with Gasteiger partial charge >= 0.3 is 0 Å². The van der Waals surface area contributed by atoms with E-state index in [1.807, 2.05) is 13.0 Å². The summed E-state index contributed by atoms with van der Waals surface area (Å²) >= 11 is 0. The molecule has 9 heteroatoms. The second-order valence-corrected chi connectivity index (χ2v) is 6.96. The van der Waals surface area contributed by atoms with Crippen molar-refractivity contribution in [2.75, 3.05) is 6.61 Å². The number of ether oxygens (including phenoxy) is 3. The maximum atomic E-state index is 11.5. The lowest BCUT2D eigenvalue weighted by atomic mass is 9.94. The number of aliphatic hydroxyl groups excluding tert-OH is 4. The van der Waals surface area contributed by atoms with Gasteiger partial charge in [0.05, 0.1) is 6.61 Å². The molecule has 1 amide bonds. The average molecular weight is 383 g/mol. The van der Waals surface area contributed by atoms with Crippen molar-refractivity contribution in [1.29, 1.82) is 0 Å². The number of hydrogen-bond acceptors (Lipinski definition) is 8. The van der Waals surface area contributed by atoms with E-state index < -0.39 is 49.4 Å². The van der Waals surface area contributed by atoms with E-state index in [1.54, 1.807) is 12.1 Å². The van der Waals surface area contributed by atoms with E-state index in [4.69, 9.17) is 14.2 Å². The third kappa shape index (κ3) is 4.17. The Morgan fingerprint density at radius 2 is 2.04 bits per heavy atom. The highest BCUT2D eigenvalue weighted by molar-refractivity contribution is 5.73. The van der Waals surface area contributed by atoms with Crippen LogP contribution in [-0.2, 0) is 9.53 Å². The lowest BCUT2D eigenvalue weighted by Crippen LogP contribution is -2.65. The van der Waals surface area contributed by atoms with Gasteiger partial charge in [0.1, 0.15) is 35.9 Å². The summed E-state index contributed by atoms with van der Waals surface area (Å²) in [4.78, 5) is 11.5. The van der Waals surface area contributed by atoms with Crippen LogP contribution >= 0.6 is 0 Å². The smallest absolute Gasteiger partial charge is 0.223 e. The molecule has 9 nitrogen and oxygen atoms in total. The zero-order chi connectivity index (χ0) is 19.7. The molecule has 0 aromatic heterocycles. The van der Waals surface area contributed by atoms with E-state index in [-0.39, 0.29) is 5.92 Å². The number of aliphatic hydroxyl groups is 4. The maximum Gasteiger partial charge on any atom is 0.223 e. The average Bonchev–Trinajstić information content (AvgIpc) is 2.60. The number of benzene rings is 1. The molecule has 1 fully saturated rings. The van der Waals surface area contributed by atoms with Crippen molar-refractivity contribution in [1.82, 2.24) is 5.32 Å². The van der Waals surface area contributed by atoms with Gasteiger partial charge in [-0.15, -0.1) is 0 Å². The van der Waals surface area contributed by atoms with Crippen LogP contribution in [-0.4, -0.2) is 69.9 Å². The number of nitrogens with one attached hydrogen (secondary N) is 1. The van der Waals surface area contributed by atoms with E-state index >= 15 is 0 Å². The molecular weight excluding hydrogens is 358 g/mol. The minimum absolute atomic E-state index is 0.117. The number of carbonyl (C=O) groups is 1. The Kier molecular flexibility index (Phi) is 5.87. The maximum absolute atomic E-state index is 11.5. The Morgan fingerprint density at radius 1 is 1.30 bits per heavy atom. The SMILES string of the molecule is CC(=O)N[C@H]1[C@H](Oc2ccc3c(c2)O[C@@H](O)C[C@H]3C)O[C@H](CO)[C@@H](O)[C@@H]1O. The molecule has 0 bridgehead atoms. The molecule has 3 rings (SSSR count). The largest absolute Gasteiger partial charge is 0.465 e. The van der Waals surface area contributed by atoms with Gasteiger partial charge in [-0.2, -0.15) is 0 Å². The summed E-state index contributed by atoms with van der Waals surface area (Å²) in [6.07, 6.45) is -5.39. The fourth-order valence-corrected chi connectivity index (χ4v) is 3.43. The molecule has 27 heavy (non-hydrogen) atoms. The van der Waals surface area contributed by atoms with Gasteiger partial charge in [0.25, 0.3) is 0 Å². The van der Waals surface area contributed by atoms with Gasteiger partial charge in [0.2, 0.25) is 12.2 Å². The van der Waals surface area contributed by atoms with Gasteiger partial charge in [-0.1, -0.05) is 13.0 Å². The molecular formula is C18H25NO8.